The molecule has 0 unspecified atom stereocenters. The second kappa shape index (κ2) is 8.26. The number of amides is 1. The van der Waals surface area contributed by atoms with Gasteiger partial charge in [0.05, 0.1) is 16.8 Å². The molecule has 3 aromatic carbocycles. The fraction of sp³-hybridized carbons (Fsp3) is 0.0455. The van der Waals surface area contributed by atoms with Crippen LogP contribution in [0.4, 0.5) is 5.69 Å². The van der Waals surface area contributed by atoms with Crippen LogP contribution in [0.3, 0.4) is 0 Å². The van der Waals surface area contributed by atoms with Crippen molar-refractivity contribution in [3.63, 3.8) is 0 Å². The Labute approximate surface area is 166 Å². The van der Waals surface area contributed by atoms with Crippen molar-refractivity contribution < 1.29 is 29.3 Å². The smallest absolute Gasteiger partial charge is 0.336 e. The van der Waals surface area contributed by atoms with Crippen LogP contribution in [-0.2, 0) is 0 Å². The molecule has 29 heavy (non-hydrogen) atoms. The molecule has 0 heterocycles. The number of nitrogens with one attached hydrogen (secondary N) is 1. The van der Waals surface area contributed by atoms with Crippen LogP contribution in [0.1, 0.15) is 36.6 Å². The largest absolute Gasteiger partial charge is 0.478 e. The fourth-order valence-electron chi connectivity index (χ4n) is 2.72. The van der Waals surface area contributed by atoms with Gasteiger partial charge in [-0.3, -0.25) is 4.79 Å². The van der Waals surface area contributed by atoms with Crippen molar-refractivity contribution in [2.24, 2.45) is 0 Å². The third-order valence-corrected chi connectivity index (χ3v) is 4.10. The highest BCUT2D eigenvalue weighted by Gasteiger charge is 2.18. The highest BCUT2D eigenvalue weighted by molar-refractivity contribution is 6.05. The molecule has 0 bridgehead atoms. The highest BCUT2D eigenvalue weighted by Crippen LogP contribution is 2.31. The standard InChI is InChI=1S/C22H17NO6/c1-13-5-4-6-14(11-13)20(24)23-18-7-2-3-8-19(18)29-15-9-10-16(21(25)26)17(12-15)22(27)28/h2-12H,1H3,(H,23,24)(H,25,26)(H,27,28). The zero-order valence-electron chi connectivity index (χ0n) is 15.4. The van der Waals surface area contributed by atoms with Crippen LogP contribution >= 0.6 is 0 Å². The van der Waals surface area contributed by atoms with Gasteiger partial charge < -0.3 is 20.3 Å². The molecule has 3 aromatic rings. The average Bonchev–Trinajstić information content (AvgIpc) is 2.69. The predicted molar refractivity (Wildman–Crippen MR) is 106 cm³/mol. The van der Waals surface area contributed by atoms with E-state index in [1.807, 2.05) is 13.0 Å². The van der Waals surface area contributed by atoms with Crippen molar-refractivity contribution in [1.29, 1.82) is 0 Å². The lowest BCUT2D eigenvalue weighted by Crippen LogP contribution is -2.12. The Morgan fingerprint density at radius 2 is 1.55 bits per heavy atom. The lowest BCUT2D eigenvalue weighted by molar-refractivity contribution is 0.0651. The minimum absolute atomic E-state index is 0.129. The van der Waals surface area contributed by atoms with E-state index in [9.17, 15) is 19.5 Å². The molecule has 0 aliphatic heterocycles. The Morgan fingerprint density at radius 1 is 0.828 bits per heavy atom. The number of ether oxygens (including phenoxy) is 1. The van der Waals surface area contributed by atoms with Crippen molar-refractivity contribution >= 4 is 23.5 Å². The number of hydrogen-bond acceptors (Lipinski definition) is 4. The van der Waals surface area contributed by atoms with E-state index in [2.05, 4.69) is 5.32 Å². The number of aryl methyl sites for hydroxylation is 1. The highest BCUT2D eigenvalue weighted by atomic mass is 16.5. The van der Waals surface area contributed by atoms with Crippen LogP contribution in [-0.4, -0.2) is 28.1 Å². The number of rotatable bonds is 6. The van der Waals surface area contributed by atoms with Crippen molar-refractivity contribution in [1.82, 2.24) is 0 Å². The van der Waals surface area contributed by atoms with E-state index >= 15 is 0 Å². The summed E-state index contributed by atoms with van der Waals surface area (Å²) in [5, 5.41) is 21.1. The molecule has 0 aliphatic rings. The molecule has 3 N–H and O–H groups in total. The summed E-state index contributed by atoms with van der Waals surface area (Å²) in [6.45, 7) is 1.88. The van der Waals surface area contributed by atoms with Crippen LogP contribution in [0, 0.1) is 6.92 Å². The minimum atomic E-state index is -1.38. The zero-order chi connectivity index (χ0) is 21.0. The summed E-state index contributed by atoms with van der Waals surface area (Å²) in [5.74, 6) is -2.64. The fourth-order valence-corrected chi connectivity index (χ4v) is 2.72. The zero-order valence-corrected chi connectivity index (χ0v) is 15.4. The predicted octanol–water partition coefficient (Wildman–Crippen LogP) is 4.44. The molecule has 0 saturated carbocycles. The maximum Gasteiger partial charge on any atom is 0.336 e. The van der Waals surface area contributed by atoms with Gasteiger partial charge in [-0.1, -0.05) is 29.8 Å². The maximum atomic E-state index is 12.5. The molecule has 7 heteroatoms. The van der Waals surface area contributed by atoms with Gasteiger partial charge in [0.1, 0.15) is 5.75 Å². The number of para-hydroxylation sites is 2. The lowest BCUT2D eigenvalue weighted by atomic mass is 10.1. The van der Waals surface area contributed by atoms with Gasteiger partial charge >= 0.3 is 11.9 Å². The third kappa shape index (κ3) is 4.59. The maximum absolute atomic E-state index is 12.5. The molecule has 7 nitrogen and oxygen atoms in total. The Balaban J connectivity index is 1.88. The van der Waals surface area contributed by atoms with E-state index in [1.54, 1.807) is 42.5 Å². The van der Waals surface area contributed by atoms with Crippen LogP contribution in [0.25, 0.3) is 0 Å². The number of carboxylic acids is 2. The van der Waals surface area contributed by atoms with E-state index < -0.39 is 17.5 Å². The van der Waals surface area contributed by atoms with Crippen LogP contribution in [0.2, 0.25) is 0 Å². The SMILES string of the molecule is Cc1cccc(C(=O)Nc2ccccc2Oc2ccc(C(=O)O)c(C(=O)O)c2)c1. The molecule has 146 valence electrons. The number of carbonyl (C=O) groups excluding carboxylic acids is 1. The number of benzene rings is 3. The van der Waals surface area contributed by atoms with Crippen LogP contribution < -0.4 is 10.1 Å². The molecule has 0 atom stereocenters. The first-order chi connectivity index (χ1) is 13.8. The van der Waals surface area contributed by atoms with Crippen molar-refractivity contribution in [3.8, 4) is 11.5 Å². The van der Waals surface area contributed by atoms with Gasteiger partial charge in [0.2, 0.25) is 0 Å². The molecule has 0 spiro atoms. The van der Waals surface area contributed by atoms with Gasteiger partial charge in [-0.25, -0.2) is 9.59 Å². The first kappa shape index (κ1) is 19.6. The summed E-state index contributed by atoms with van der Waals surface area (Å²) < 4.78 is 5.72. The van der Waals surface area contributed by atoms with Gasteiger partial charge in [-0.05, 0) is 49.4 Å². The molecule has 0 fully saturated rings. The first-order valence-corrected chi connectivity index (χ1v) is 8.60. The van der Waals surface area contributed by atoms with E-state index in [0.29, 0.717) is 11.3 Å². The Bertz CT molecular complexity index is 1110. The second-order valence-electron chi connectivity index (χ2n) is 6.24. The monoisotopic (exact) mass is 391 g/mol. The Morgan fingerprint density at radius 3 is 2.24 bits per heavy atom. The summed E-state index contributed by atoms with van der Waals surface area (Å²) in [4.78, 5) is 35.1. The van der Waals surface area contributed by atoms with Gasteiger partial charge in [-0.15, -0.1) is 0 Å². The summed E-state index contributed by atoms with van der Waals surface area (Å²) in [6.07, 6.45) is 0. The van der Waals surface area contributed by atoms with Gasteiger partial charge in [-0.2, -0.15) is 0 Å². The average molecular weight is 391 g/mol. The molecule has 0 aliphatic carbocycles. The number of hydrogen-bond donors (Lipinski definition) is 3. The van der Waals surface area contributed by atoms with E-state index in [4.69, 9.17) is 9.84 Å². The minimum Gasteiger partial charge on any atom is -0.478 e. The normalized spacial score (nSPS) is 10.2. The topological polar surface area (TPSA) is 113 Å². The van der Waals surface area contributed by atoms with Crippen LogP contribution in [0.15, 0.2) is 66.7 Å². The van der Waals surface area contributed by atoms with E-state index in [-0.39, 0.29) is 23.0 Å². The molecule has 3 rings (SSSR count). The molecular weight excluding hydrogens is 374 g/mol. The molecule has 1 amide bonds. The molecule has 0 saturated heterocycles. The summed E-state index contributed by atoms with van der Waals surface area (Å²) in [6, 6.07) is 17.4. The Kier molecular flexibility index (Phi) is 5.59. The van der Waals surface area contributed by atoms with Crippen molar-refractivity contribution in [2.75, 3.05) is 5.32 Å². The van der Waals surface area contributed by atoms with Crippen molar-refractivity contribution in [2.45, 2.75) is 6.92 Å². The van der Waals surface area contributed by atoms with E-state index in [0.717, 1.165) is 17.7 Å². The van der Waals surface area contributed by atoms with Crippen molar-refractivity contribution in [3.05, 3.63) is 89.0 Å². The number of carboxylic acid groups (broad SMARTS) is 2. The summed E-state index contributed by atoms with van der Waals surface area (Å²) in [7, 11) is 0. The first-order valence-electron chi connectivity index (χ1n) is 8.60. The van der Waals surface area contributed by atoms with Gasteiger partial charge in [0.15, 0.2) is 5.75 Å². The van der Waals surface area contributed by atoms with E-state index in [1.165, 1.54) is 6.07 Å². The summed E-state index contributed by atoms with van der Waals surface area (Å²) >= 11 is 0. The molecule has 0 radical (unpaired) electrons. The molecular formula is C22H17NO6. The summed E-state index contributed by atoms with van der Waals surface area (Å²) in [5.41, 5.74) is 1.08. The van der Waals surface area contributed by atoms with Gasteiger partial charge in [0, 0.05) is 5.56 Å². The Hall–Kier alpha value is -4.13. The number of carbonyl (C=O) groups is 3. The molecule has 0 aromatic heterocycles. The second-order valence-corrected chi connectivity index (χ2v) is 6.24. The number of aromatic carboxylic acids is 2. The third-order valence-electron chi connectivity index (χ3n) is 4.10. The number of anilines is 1. The lowest BCUT2D eigenvalue weighted by Gasteiger charge is -2.13. The van der Waals surface area contributed by atoms with Gasteiger partial charge in [0.25, 0.3) is 5.91 Å². The quantitative estimate of drug-likeness (QED) is 0.573. The van der Waals surface area contributed by atoms with Crippen LogP contribution in [0.5, 0.6) is 11.5 Å².